The lowest BCUT2D eigenvalue weighted by Crippen LogP contribution is -2.33. The monoisotopic (exact) mass is 499 g/mol. The van der Waals surface area contributed by atoms with E-state index in [9.17, 15) is 18.0 Å². The van der Waals surface area contributed by atoms with Crippen molar-refractivity contribution in [2.45, 2.75) is 48.9 Å². The van der Waals surface area contributed by atoms with Crippen LogP contribution in [-0.2, 0) is 21.4 Å². The molecule has 0 atom stereocenters. The molecule has 1 heterocycles. The van der Waals surface area contributed by atoms with Gasteiger partial charge in [-0.05, 0) is 61.4 Å². The third-order valence-electron chi connectivity index (χ3n) is 5.32. The molecule has 0 radical (unpaired) electrons. The highest BCUT2D eigenvalue weighted by Gasteiger charge is 2.22. The molecule has 1 N–H and O–H groups in total. The van der Waals surface area contributed by atoms with Crippen LogP contribution in [0.4, 0.5) is 5.69 Å². The highest BCUT2D eigenvalue weighted by atomic mass is 32.2. The molecule has 2 aromatic carbocycles. The fourth-order valence-electron chi connectivity index (χ4n) is 3.40. The fraction of sp³-hybridized carbons (Fsp3) is 0.280. The molecule has 34 heavy (non-hydrogen) atoms. The van der Waals surface area contributed by atoms with Crippen molar-refractivity contribution in [1.82, 2.24) is 8.87 Å². The van der Waals surface area contributed by atoms with Gasteiger partial charge in [-0.2, -0.15) is 4.31 Å². The molecule has 0 fully saturated rings. The van der Waals surface area contributed by atoms with Gasteiger partial charge in [-0.3, -0.25) is 9.59 Å². The lowest BCUT2D eigenvalue weighted by molar-refractivity contribution is -0.116. The van der Waals surface area contributed by atoms with Gasteiger partial charge in [0.1, 0.15) is 6.54 Å². The van der Waals surface area contributed by atoms with Gasteiger partial charge in [0.2, 0.25) is 15.9 Å². The third kappa shape index (κ3) is 6.16. The molecule has 0 saturated carbocycles. The quantitative estimate of drug-likeness (QED) is 0.475. The smallest absolute Gasteiger partial charge is 0.251 e. The van der Waals surface area contributed by atoms with Gasteiger partial charge in [0.15, 0.2) is 0 Å². The number of rotatable bonds is 9. The lowest BCUT2D eigenvalue weighted by Gasteiger charge is -2.19. The summed E-state index contributed by atoms with van der Waals surface area (Å²) in [5.74, 6) is -0.422. The Hall–Kier alpha value is -2.88. The fourth-order valence-corrected chi connectivity index (χ4v) is 5.88. The summed E-state index contributed by atoms with van der Waals surface area (Å²) < 4.78 is 27.9. The van der Waals surface area contributed by atoms with Crippen LogP contribution in [0.1, 0.15) is 25.0 Å². The van der Waals surface area contributed by atoms with Gasteiger partial charge >= 0.3 is 0 Å². The second kappa shape index (κ2) is 11.0. The van der Waals surface area contributed by atoms with E-state index >= 15 is 0 Å². The van der Waals surface area contributed by atoms with Crippen molar-refractivity contribution in [1.29, 1.82) is 0 Å². The first-order valence-electron chi connectivity index (χ1n) is 11.0. The first kappa shape index (κ1) is 25.7. The summed E-state index contributed by atoms with van der Waals surface area (Å²) in [4.78, 5) is 27.0. The van der Waals surface area contributed by atoms with Crippen LogP contribution < -0.4 is 10.9 Å². The molecule has 0 spiro atoms. The molecule has 1 amide bonds. The maximum atomic E-state index is 12.7. The van der Waals surface area contributed by atoms with Gasteiger partial charge in [0.05, 0.1) is 4.90 Å². The Morgan fingerprint density at radius 3 is 2.32 bits per heavy atom. The zero-order valence-electron chi connectivity index (χ0n) is 19.7. The highest BCUT2D eigenvalue weighted by molar-refractivity contribution is 7.99. The second-order valence-corrected chi connectivity index (χ2v) is 10.9. The van der Waals surface area contributed by atoms with E-state index < -0.39 is 21.5 Å². The van der Waals surface area contributed by atoms with Crippen LogP contribution in [0.2, 0.25) is 0 Å². The highest BCUT2D eigenvalue weighted by Crippen LogP contribution is 2.31. The molecule has 3 rings (SSSR count). The van der Waals surface area contributed by atoms with Gasteiger partial charge in [-0.15, -0.1) is 0 Å². The van der Waals surface area contributed by atoms with Crippen LogP contribution in [-0.4, -0.2) is 36.3 Å². The number of carbonyl (C=O) groups is 1. The van der Waals surface area contributed by atoms with Gasteiger partial charge in [-0.1, -0.05) is 37.7 Å². The Bertz CT molecular complexity index is 1330. The minimum Gasteiger partial charge on any atom is -0.325 e. The van der Waals surface area contributed by atoms with Crippen molar-refractivity contribution in [2.75, 3.05) is 18.4 Å². The first-order valence-corrected chi connectivity index (χ1v) is 13.3. The van der Waals surface area contributed by atoms with Gasteiger partial charge in [-0.25, -0.2) is 8.42 Å². The number of aromatic nitrogens is 1. The molecule has 180 valence electrons. The zero-order chi connectivity index (χ0) is 24.9. The molecular formula is C25H29N3O4S2. The summed E-state index contributed by atoms with van der Waals surface area (Å²) in [6.07, 6.45) is 1.22. The summed E-state index contributed by atoms with van der Waals surface area (Å²) in [5.41, 5.74) is 2.54. The number of sulfonamides is 1. The van der Waals surface area contributed by atoms with E-state index in [-0.39, 0.29) is 11.4 Å². The second-order valence-electron chi connectivity index (χ2n) is 7.86. The van der Waals surface area contributed by atoms with Crippen molar-refractivity contribution in [2.24, 2.45) is 0 Å². The molecule has 0 aliphatic heterocycles. The number of hydrogen-bond acceptors (Lipinski definition) is 5. The van der Waals surface area contributed by atoms with Gasteiger partial charge < -0.3 is 9.88 Å². The number of hydrogen-bond donors (Lipinski definition) is 1. The summed E-state index contributed by atoms with van der Waals surface area (Å²) in [6.45, 7) is 7.96. The van der Waals surface area contributed by atoms with Crippen molar-refractivity contribution < 1.29 is 13.2 Å². The average molecular weight is 500 g/mol. The van der Waals surface area contributed by atoms with Crippen molar-refractivity contribution >= 4 is 33.4 Å². The van der Waals surface area contributed by atoms with Gasteiger partial charge in [0.25, 0.3) is 5.56 Å². The molecule has 0 bridgehead atoms. The van der Waals surface area contributed by atoms with Crippen LogP contribution in [0.3, 0.4) is 0 Å². The maximum absolute atomic E-state index is 12.7. The molecule has 0 aliphatic carbocycles. The zero-order valence-corrected chi connectivity index (χ0v) is 21.4. The Balaban J connectivity index is 1.70. The molecule has 9 heteroatoms. The number of nitrogens with one attached hydrogen (secondary N) is 1. The van der Waals surface area contributed by atoms with E-state index in [4.69, 9.17) is 0 Å². The average Bonchev–Trinajstić information content (AvgIpc) is 2.79. The van der Waals surface area contributed by atoms with E-state index in [0.717, 1.165) is 9.46 Å². The first-order chi connectivity index (χ1) is 16.1. The molecular weight excluding hydrogens is 470 g/mol. The number of amides is 1. The largest absolute Gasteiger partial charge is 0.325 e. The summed E-state index contributed by atoms with van der Waals surface area (Å²) in [7, 11) is -3.73. The lowest BCUT2D eigenvalue weighted by atomic mass is 10.2. The number of pyridine rings is 1. The number of anilines is 1. The van der Waals surface area contributed by atoms with Crippen LogP contribution >= 0.6 is 11.8 Å². The van der Waals surface area contributed by atoms with Crippen LogP contribution in [0.15, 0.2) is 80.3 Å². The van der Waals surface area contributed by atoms with E-state index in [1.54, 1.807) is 37.7 Å². The summed E-state index contributed by atoms with van der Waals surface area (Å²) in [5, 5.41) is 2.76. The predicted octanol–water partition coefficient (Wildman–Crippen LogP) is 4.29. The third-order valence-corrected chi connectivity index (χ3v) is 8.52. The van der Waals surface area contributed by atoms with E-state index in [2.05, 4.69) is 37.4 Å². The van der Waals surface area contributed by atoms with Crippen molar-refractivity contribution in [3.63, 3.8) is 0 Å². The minimum absolute atomic E-state index is 0.0172. The van der Waals surface area contributed by atoms with Crippen molar-refractivity contribution in [3.05, 3.63) is 82.3 Å². The Morgan fingerprint density at radius 2 is 1.68 bits per heavy atom. The number of carbonyl (C=O) groups excluding carboxylic acids is 1. The minimum atomic E-state index is -3.73. The number of benzene rings is 2. The number of aryl methyl sites for hydroxylation is 2. The Labute approximate surface area is 204 Å². The van der Waals surface area contributed by atoms with E-state index in [1.165, 1.54) is 38.7 Å². The van der Waals surface area contributed by atoms with Crippen LogP contribution in [0.5, 0.6) is 0 Å². The van der Waals surface area contributed by atoms with Crippen molar-refractivity contribution in [3.8, 4) is 0 Å². The predicted molar refractivity (Wildman–Crippen MR) is 136 cm³/mol. The topological polar surface area (TPSA) is 88.5 Å². The number of nitrogens with zero attached hydrogens (tertiary/aromatic N) is 2. The van der Waals surface area contributed by atoms with E-state index in [1.807, 2.05) is 12.1 Å². The standard InChI is InChI=1S/C25H29N3O4S2/c1-5-28(6-2)34(31,32)22-13-14-25(30)27(16-22)17-24(29)26-20-9-11-21(12-10-20)33-23-15-18(3)7-8-19(23)4/h7-16H,5-6,17H2,1-4H3,(H,26,29). The van der Waals surface area contributed by atoms with Crippen LogP contribution in [0, 0.1) is 13.8 Å². The molecule has 0 unspecified atom stereocenters. The normalized spacial score (nSPS) is 11.6. The molecule has 7 nitrogen and oxygen atoms in total. The molecule has 1 aromatic heterocycles. The van der Waals surface area contributed by atoms with E-state index in [0.29, 0.717) is 18.8 Å². The van der Waals surface area contributed by atoms with Crippen LogP contribution in [0.25, 0.3) is 0 Å². The Morgan fingerprint density at radius 1 is 1.00 bits per heavy atom. The van der Waals surface area contributed by atoms with Gasteiger partial charge in [0, 0.05) is 40.8 Å². The Kier molecular flexibility index (Phi) is 8.35. The summed E-state index contributed by atoms with van der Waals surface area (Å²) in [6, 6.07) is 16.2. The molecule has 0 saturated heterocycles. The SMILES string of the molecule is CCN(CC)S(=O)(=O)c1ccc(=O)n(CC(=O)Nc2ccc(Sc3cc(C)ccc3C)cc2)c1. The summed E-state index contributed by atoms with van der Waals surface area (Å²) >= 11 is 1.65. The maximum Gasteiger partial charge on any atom is 0.251 e. The molecule has 0 aliphatic rings. The molecule has 3 aromatic rings.